The van der Waals surface area contributed by atoms with E-state index in [-0.39, 0.29) is 0 Å². The highest BCUT2D eigenvalue weighted by Gasteiger charge is 2.16. The van der Waals surface area contributed by atoms with Gasteiger partial charge in [-0.1, -0.05) is 78.4 Å². The average Bonchev–Trinajstić information content (AvgIpc) is 2.88. The minimum atomic E-state index is -0.726. The zero-order valence-corrected chi connectivity index (χ0v) is 22.4. The number of anilines is 2. The van der Waals surface area contributed by atoms with E-state index >= 15 is 0 Å². The number of aliphatic hydroxyl groups is 1. The van der Waals surface area contributed by atoms with Gasteiger partial charge < -0.3 is 21.3 Å². The molecule has 1 atom stereocenters. The molecule has 0 bridgehead atoms. The summed E-state index contributed by atoms with van der Waals surface area (Å²) in [6.07, 6.45) is 3.40. The molecule has 0 aliphatic carbocycles. The highest BCUT2D eigenvalue weighted by Crippen LogP contribution is 2.31. The Morgan fingerprint density at radius 2 is 1.68 bits per heavy atom. The summed E-state index contributed by atoms with van der Waals surface area (Å²) < 4.78 is 5.61. The van der Waals surface area contributed by atoms with Crippen LogP contribution in [-0.2, 0) is 11.3 Å². The summed E-state index contributed by atoms with van der Waals surface area (Å²) in [5, 5.41) is 11.6. The highest BCUT2D eigenvalue weighted by molar-refractivity contribution is 6.38. The van der Waals surface area contributed by atoms with Crippen LogP contribution in [-0.4, -0.2) is 41.3 Å². The number of nitrogens with two attached hydrogens (primary N) is 2. The summed E-state index contributed by atoms with van der Waals surface area (Å²) in [4.78, 5) is 6.40. The van der Waals surface area contributed by atoms with E-state index in [0.29, 0.717) is 52.6 Å². The third-order valence-corrected chi connectivity index (χ3v) is 6.47. The van der Waals surface area contributed by atoms with Crippen LogP contribution >= 0.6 is 23.2 Å². The van der Waals surface area contributed by atoms with Gasteiger partial charge in [0.1, 0.15) is 18.1 Å². The van der Waals surface area contributed by atoms with E-state index in [4.69, 9.17) is 39.4 Å². The molecule has 196 valence electrons. The van der Waals surface area contributed by atoms with Crippen molar-refractivity contribution >= 4 is 34.7 Å². The number of halogens is 2. The van der Waals surface area contributed by atoms with Crippen molar-refractivity contribution in [3.63, 3.8) is 0 Å². The zero-order valence-electron chi connectivity index (χ0n) is 20.9. The van der Waals surface area contributed by atoms with Crippen LogP contribution in [0.15, 0.2) is 60.7 Å². The minimum Gasteiger partial charge on any atom is -0.396 e. The standard InChI is InChI=1S/C29H34Cl2N4O2/c30-25-18-23(19-26(31)29(25)33)27(36)21-35(20-22-10-4-3-5-11-22)15-6-1-2-7-16-37-17-9-13-24-12-8-14-28(32)34-24/h3-5,8,10-12,14,18-19,27,36H,1-2,6-7,15-17,20-21,33H2,(H2,32,34). The van der Waals surface area contributed by atoms with Gasteiger partial charge in [0.15, 0.2) is 0 Å². The lowest BCUT2D eigenvalue weighted by Crippen LogP contribution is -2.29. The molecule has 1 heterocycles. The van der Waals surface area contributed by atoms with E-state index in [0.717, 1.165) is 38.8 Å². The summed E-state index contributed by atoms with van der Waals surface area (Å²) in [5.41, 5.74) is 14.3. The van der Waals surface area contributed by atoms with Crippen LogP contribution in [0.1, 0.15) is 48.6 Å². The molecule has 3 aromatic rings. The van der Waals surface area contributed by atoms with Crippen molar-refractivity contribution in [1.29, 1.82) is 0 Å². The number of benzene rings is 2. The van der Waals surface area contributed by atoms with E-state index in [9.17, 15) is 5.11 Å². The Morgan fingerprint density at radius 1 is 0.946 bits per heavy atom. The number of ether oxygens (including phenoxy) is 1. The monoisotopic (exact) mass is 540 g/mol. The number of hydrogen-bond acceptors (Lipinski definition) is 6. The number of hydrogen-bond donors (Lipinski definition) is 3. The van der Waals surface area contributed by atoms with Crippen molar-refractivity contribution < 1.29 is 9.84 Å². The van der Waals surface area contributed by atoms with Gasteiger partial charge in [0.2, 0.25) is 0 Å². The first-order chi connectivity index (χ1) is 17.9. The van der Waals surface area contributed by atoms with Crippen LogP contribution in [0, 0.1) is 11.8 Å². The largest absolute Gasteiger partial charge is 0.396 e. The number of nitrogen functional groups attached to an aromatic ring is 2. The molecule has 8 heteroatoms. The van der Waals surface area contributed by atoms with Gasteiger partial charge in [-0.3, -0.25) is 4.90 Å². The maximum Gasteiger partial charge on any atom is 0.124 e. The van der Waals surface area contributed by atoms with Gasteiger partial charge in [-0.15, -0.1) is 0 Å². The predicted molar refractivity (Wildman–Crippen MR) is 152 cm³/mol. The maximum absolute atomic E-state index is 10.9. The Balaban J connectivity index is 1.41. The van der Waals surface area contributed by atoms with Gasteiger partial charge in [0.05, 0.1) is 21.8 Å². The lowest BCUT2D eigenvalue weighted by molar-refractivity contribution is 0.107. The molecule has 0 amide bonds. The van der Waals surface area contributed by atoms with Gasteiger partial charge in [0, 0.05) is 19.7 Å². The number of nitrogens with zero attached hydrogens (tertiary/aromatic N) is 2. The first-order valence-electron chi connectivity index (χ1n) is 12.4. The van der Waals surface area contributed by atoms with Crippen LogP contribution in [0.4, 0.5) is 11.5 Å². The first-order valence-corrected chi connectivity index (χ1v) is 13.2. The van der Waals surface area contributed by atoms with Crippen LogP contribution in [0.25, 0.3) is 0 Å². The van der Waals surface area contributed by atoms with Crippen LogP contribution < -0.4 is 11.5 Å². The maximum atomic E-state index is 10.9. The molecule has 1 unspecified atom stereocenters. The van der Waals surface area contributed by atoms with Gasteiger partial charge in [-0.2, -0.15) is 0 Å². The number of pyridine rings is 1. The van der Waals surface area contributed by atoms with Crippen molar-refractivity contribution in [1.82, 2.24) is 9.88 Å². The fourth-order valence-corrected chi connectivity index (χ4v) is 4.39. The van der Waals surface area contributed by atoms with E-state index in [1.165, 1.54) is 5.56 Å². The number of aromatic nitrogens is 1. The Labute approximate surface area is 229 Å². The molecule has 0 saturated heterocycles. The first kappa shape index (κ1) is 28.8. The minimum absolute atomic E-state index is 0.329. The van der Waals surface area contributed by atoms with Crippen molar-refractivity contribution in [2.75, 3.05) is 37.8 Å². The number of rotatable bonds is 13. The molecule has 0 fully saturated rings. The molecule has 3 rings (SSSR count). The van der Waals surface area contributed by atoms with Crippen LogP contribution in [0.5, 0.6) is 0 Å². The van der Waals surface area contributed by atoms with Crippen LogP contribution in [0.3, 0.4) is 0 Å². The van der Waals surface area contributed by atoms with Crippen molar-refractivity contribution in [3.05, 3.63) is 87.5 Å². The van der Waals surface area contributed by atoms with Gasteiger partial charge >= 0.3 is 0 Å². The topological polar surface area (TPSA) is 97.6 Å². The molecule has 2 aromatic carbocycles. The van der Waals surface area contributed by atoms with E-state index < -0.39 is 6.10 Å². The molecule has 1 aromatic heterocycles. The molecule has 5 N–H and O–H groups in total. The quantitative estimate of drug-likeness (QED) is 0.146. The number of unbranched alkanes of at least 4 members (excludes halogenated alkanes) is 3. The normalized spacial score (nSPS) is 11.8. The molecule has 37 heavy (non-hydrogen) atoms. The zero-order chi connectivity index (χ0) is 26.5. The summed E-state index contributed by atoms with van der Waals surface area (Å²) in [5.74, 6) is 6.38. The van der Waals surface area contributed by atoms with Gasteiger partial charge in [0.25, 0.3) is 0 Å². The molecule has 0 saturated carbocycles. The second-order valence-corrected chi connectivity index (χ2v) is 9.67. The fraction of sp³-hybridized carbons (Fsp3) is 0.345. The molecule has 0 aliphatic rings. The Bertz CT molecular complexity index is 1160. The van der Waals surface area contributed by atoms with Crippen molar-refractivity contribution in [2.24, 2.45) is 0 Å². The lowest BCUT2D eigenvalue weighted by Gasteiger charge is -2.26. The Kier molecular flexibility index (Phi) is 12.0. The summed E-state index contributed by atoms with van der Waals surface area (Å²) in [6, 6.07) is 19.0. The summed E-state index contributed by atoms with van der Waals surface area (Å²) in [6.45, 7) is 3.12. The molecule has 6 nitrogen and oxygen atoms in total. The van der Waals surface area contributed by atoms with E-state index in [1.807, 2.05) is 30.3 Å². The second-order valence-electron chi connectivity index (χ2n) is 8.85. The van der Waals surface area contributed by atoms with Crippen LogP contribution in [0.2, 0.25) is 10.0 Å². The molecular formula is C29H34Cl2N4O2. The SMILES string of the molecule is Nc1cccc(C#CCOCCCCCCN(Cc2ccccc2)CC(O)c2cc(Cl)c(N)c(Cl)c2)n1. The third kappa shape index (κ3) is 10.2. The van der Waals surface area contributed by atoms with Gasteiger partial charge in [-0.05, 0) is 60.7 Å². The Morgan fingerprint density at radius 3 is 2.41 bits per heavy atom. The van der Waals surface area contributed by atoms with E-state index in [2.05, 4.69) is 33.9 Å². The Hall–Kier alpha value is -2.79. The molecule has 0 radical (unpaired) electrons. The summed E-state index contributed by atoms with van der Waals surface area (Å²) >= 11 is 12.4. The van der Waals surface area contributed by atoms with Crippen molar-refractivity contribution in [2.45, 2.75) is 38.3 Å². The van der Waals surface area contributed by atoms with Gasteiger partial charge in [-0.25, -0.2) is 4.98 Å². The average molecular weight is 542 g/mol. The van der Waals surface area contributed by atoms with E-state index in [1.54, 1.807) is 18.2 Å². The predicted octanol–water partition coefficient (Wildman–Crippen LogP) is 5.72. The fourth-order valence-electron chi connectivity index (χ4n) is 3.89. The smallest absolute Gasteiger partial charge is 0.124 e. The highest BCUT2D eigenvalue weighted by atomic mass is 35.5. The second kappa shape index (κ2) is 15.5. The number of aliphatic hydroxyl groups excluding tert-OH is 1. The lowest BCUT2D eigenvalue weighted by atomic mass is 10.1. The molecule has 0 aliphatic heterocycles. The third-order valence-electron chi connectivity index (χ3n) is 5.84. The molecular weight excluding hydrogens is 507 g/mol. The molecule has 0 spiro atoms. The van der Waals surface area contributed by atoms with Crippen molar-refractivity contribution in [3.8, 4) is 11.8 Å². The summed E-state index contributed by atoms with van der Waals surface area (Å²) in [7, 11) is 0.